The maximum atomic E-state index is 9.45. The van der Waals surface area contributed by atoms with E-state index in [1.165, 1.54) is 0 Å². The quantitative estimate of drug-likeness (QED) is 0.748. The molecular formula is C9H12N4O. The standard InChI is InChI=1S/C9H12N4O/c1-3-6-9(14)12-8(11-6)7-4-10-5-13(7)2/h4-5,14H,3H2,1-2H3,(H,11,12). The van der Waals surface area contributed by atoms with Crippen LogP contribution >= 0.6 is 0 Å². The molecule has 14 heavy (non-hydrogen) atoms. The Morgan fingerprint density at radius 2 is 2.36 bits per heavy atom. The van der Waals surface area contributed by atoms with E-state index in [0.717, 1.165) is 17.8 Å². The predicted molar refractivity (Wildman–Crippen MR) is 51.8 cm³/mol. The fourth-order valence-corrected chi connectivity index (χ4v) is 1.35. The zero-order chi connectivity index (χ0) is 10.1. The number of hydrogen-bond acceptors (Lipinski definition) is 3. The van der Waals surface area contributed by atoms with Gasteiger partial charge in [0.2, 0.25) is 5.88 Å². The summed E-state index contributed by atoms with van der Waals surface area (Å²) < 4.78 is 1.84. The van der Waals surface area contributed by atoms with Crippen LogP contribution in [0.3, 0.4) is 0 Å². The molecule has 5 nitrogen and oxygen atoms in total. The summed E-state index contributed by atoms with van der Waals surface area (Å²) in [4.78, 5) is 11.1. The van der Waals surface area contributed by atoms with E-state index in [-0.39, 0.29) is 5.88 Å². The lowest BCUT2D eigenvalue weighted by Crippen LogP contribution is -1.90. The van der Waals surface area contributed by atoms with Crippen molar-refractivity contribution in [3.63, 3.8) is 0 Å². The Kier molecular flexibility index (Phi) is 1.99. The van der Waals surface area contributed by atoms with Gasteiger partial charge < -0.3 is 14.7 Å². The third-order valence-corrected chi connectivity index (χ3v) is 2.17. The Balaban J connectivity index is 2.47. The van der Waals surface area contributed by atoms with Crippen LogP contribution < -0.4 is 0 Å². The summed E-state index contributed by atoms with van der Waals surface area (Å²) in [6, 6.07) is 0. The van der Waals surface area contributed by atoms with Gasteiger partial charge in [-0.2, -0.15) is 4.98 Å². The lowest BCUT2D eigenvalue weighted by molar-refractivity contribution is 0.450. The molecule has 74 valence electrons. The zero-order valence-corrected chi connectivity index (χ0v) is 8.15. The summed E-state index contributed by atoms with van der Waals surface area (Å²) in [7, 11) is 1.88. The van der Waals surface area contributed by atoms with Gasteiger partial charge >= 0.3 is 0 Å². The normalized spacial score (nSPS) is 10.7. The van der Waals surface area contributed by atoms with Crippen LogP contribution in [0.5, 0.6) is 5.88 Å². The van der Waals surface area contributed by atoms with Crippen LogP contribution in [0.2, 0.25) is 0 Å². The Morgan fingerprint density at radius 3 is 2.86 bits per heavy atom. The molecule has 0 saturated heterocycles. The van der Waals surface area contributed by atoms with Gasteiger partial charge in [-0.1, -0.05) is 6.92 Å². The van der Waals surface area contributed by atoms with E-state index in [1.54, 1.807) is 12.5 Å². The monoisotopic (exact) mass is 192 g/mol. The average molecular weight is 192 g/mol. The Morgan fingerprint density at radius 1 is 1.57 bits per heavy atom. The van der Waals surface area contributed by atoms with Crippen molar-refractivity contribution in [3.8, 4) is 17.4 Å². The highest BCUT2D eigenvalue weighted by Crippen LogP contribution is 2.21. The van der Waals surface area contributed by atoms with Crippen molar-refractivity contribution in [2.75, 3.05) is 0 Å². The summed E-state index contributed by atoms with van der Waals surface area (Å²) in [5.41, 5.74) is 1.61. The molecule has 0 bridgehead atoms. The first kappa shape index (κ1) is 8.80. The highest BCUT2D eigenvalue weighted by molar-refractivity contribution is 5.50. The van der Waals surface area contributed by atoms with Gasteiger partial charge in [-0.25, -0.2) is 4.98 Å². The Labute approximate surface area is 81.4 Å². The summed E-state index contributed by atoms with van der Waals surface area (Å²) in [5.74, 6) is 0.725. The number of hydrogen-bond donors (Lipinski definition) is 2. The highest BCUT2D eigenvalue weighted by atomic mass is 16.3. The number of nitrogens with zero attached hydrogens (tertiary/aromatic N) is 3. The number of H-pyrrole nitrogens is 1. The van der Waals surface area contributed by atoms with Crippen molar-refractivity contribution in [2.24, 2.45) is 7.05 Å². The molecule has 0 aliphatic carbocycles. The number of aromatic hydroxyl groups is 1. The molecular weight excluding hydrogens is 180 g/mol. The molecule has 2 rings (SSSR count). The topological polar surface area (TPSA) is 66.7 Å². The largest absolute Gasteiger partial charge is 0.492 e. The molecule has 0 aliphatic rings. The van der Waals surface area contributed by atoms with E-state index in [1.807, 2.05) is 18.5 Å². The minimum atomic E-state index is 0.0729. The molecule has 0 spiro atoms. The first-order chi connectivity index (χ1) is 6.72. The average Bonchev–Trinajstić information content (AvgIpc) is 2.71. The summed E-state index contributed by atoms with van der Waals surface area (Å²) >= 11 is 0. The van der Waals surface area contributed by atoms with Gasteiger partial charge in [0.25, 0.3) is 0 Å². The minimum Gasteiger partial charge on any atom is -0.492 e. The molecule has 0 radical (unpaired) electrons. The van der Waals surface area contributed by atoms with Crippen LogP contribution in [0.1, 0.15) is 12.6 Å². The highest BCUT2D eigenvalue weighted by Gasteiger charge is 2.10. The second kappa shape index (κ2) is 3.17. The van der Waals surface area contributed by atoms with E-state index in [0.29, 0.717) is 5.82 Å². The lowest BCUT2D eigenvalue weighted by Gasteiger charge is -1.95. The summed E-state index contributed by atoms with van der Waals surface area (Å²) in [6.45, 7) is 1.96. The lowest BCUT2D eigenvalue weighted by atomic mass is 10.4. The molecule has 5 heteroatoms. The predicted octanol–water partition coefficient (Wildman–Crippen LogP) is 1.08. The minimum absolute atomic E-state index is 0.0729. The van der Waals surface area contributed by atoms with Gasteiger partial charge in [-0.3, -0.25) is 0 Å². The van der Waals surface area contributed by atoms with Gasteiger partial charge in [0.15, 0.2) is 5.82 Å². The van der Waals surface area contributed by atoms with Crippen molar-refractivity contribution in [3.05, 3.63) is 18.2 Å². The summed E-state index contributed by atoms with van der Waals surface area (Å²) in [5, 5.41) is 9.45. The number of rotatable bonds is 2. The first-order valence-corrected chi connectivity index (χ1v) is 4.47. The van der Waals surface area contributed by atoms with Crippen LogP contribution in [0.4, 0.5) is 0 Å². The molecule has 0 atom stereocenters. The van der Waals surface area contributed by atoms with Crippen molar-refractivity contribution >= 4 is 0 Å². The molecule has 0 fully saturated rings. The maximum absolute atomic E-state index is 9.45. The second-order valence-corrected chi connectivity index (χ2v) is 3.13. The number of aromatic nitrogens is 4. The number of aromatic amines is 1. The number of nitrogens with one attached hydrogen (secondary N) is 1. The molecule has 0 saturated carbocycles. The number of aryl methyl sites for hydroxylation is 2. The fourth-order valence-electron chi connectivity index (χ4n) is 1.35. The smallest absolute Gasteiger partial charge is 0.232 e. The molecule has 0 aliphatic heterocycles. The SMILES string of the molecule is CCc1[nH]c(-c2cncn2C)nc1O. The molecule has 2 aromatic heterocycles. The van der Waals surface area contributed by atoms with E-state index >= 15 is 0 Å². The van der Waals surface area contributed by atoms with Gasteiger partial charge in [0, 0.05) is 7.05 Å². The van der Waals surface area contributed by atoms with Gasteiger partial charge in [0.1, 0.15) is 5.69 Å². The maximum Gasteiger partial charge on any atom is 0.232 e. The van der Waals surface area contributed by atoms with Crippen molar-refractivity contribution in [1.29, 1.82) is 0 Å². The zero-order valence-electron chi connectivity index (χ0n) is 8.15. The fraction of sp³-hybridized carbons (Fsp3) is 0.333. The molecule has 2 aromatic rings. The summed E-state index contributed by atoms with van der Waals surface area (Å²) in [6.07, 6.45) is 4.13. The second-order valence-electron chi connectivity index (χ2n) is 3.13. The molecule has 0 unspecified atom stereocenters. The Hall–Kier alpha value is -1.78. The van der Waals surface area contributed by atoms with E-state index in [4.69, 9.17) is 0 Å². The third kappa shape index (κ3) is 1.26. The van der Waals surface area contributed by atoms with Crippen LogP contribution in [0, 0.1) is 0 Å². The van der Waals surface area contributed by atoms with Crippen molar-refractivity contribution in [2.45, 2.75) is 13.3 Å². The number of imidazole rings is 2. The van der Waals surface area contributed by atoms with Crippen LogP contribution in [0.25, 0.3) is 11.5 Å². The van der Waals surface area contributed by atoms with E-state index < -0.39 is 0 Å². The van der Waals surface area contributed by atoms with E-state index in [9.17, 15) is 5.11 Å². The van der Waals surface area contributed by atoms with E-state index in [2.05, 4.69) is 15.0 Å². The van der Waals surface area contributed by atoms with Crippen LogP contribution in [-0.4, -0.2) is 24.6 Å². The van der Waals surface area contributed by atoms with Crippen LogP contribution in [0.15, 0.2) is 12.5 Å². The van der Waals surface area contributed by atoms with Gasteiger partial charge in [-0.15, -0.1) is 0 Å². The van der Waals surface area contributed by atoms with Gasteiger partial charge in [-0.05, 0) is 6.42 Å². The molecule has 0 aromatic carbocycles. The molecule has 0 amide bonds. The van der Waals surface area contributed by atoms with Crippen LogP contribution in [-0.2, 0) is 13.5 Å². The molecule has 2 heterocycles. The molecule has 2 N–H and O–H groups in total. The van der Waals surface area contributed by atoms with Crippen molar-refractivity contribution < 1.29 is 5.11 Å². The van der Waals surface area contributed by atoms with Crippen molar-refractivity contribution in [1.82, 2.24) is 19.5 Å². The first-order valence-electron chi connectivity index (χ1n) is 4.47. The van der Waals surface area contributed by atoms with Gasteiger partial charge in [0.05, 0.1) is 18.2 Å². The Bertz CT molecular complexity index is 443. The third-order valence-electron chi connectivity index (χ3n) is 2.17.